The fraction of sp³-hybridized carbons (Fsp3) is 0.435. The number of aryl methyl sites for hydroxylation is 1. The highest BCUT2D eigenvalue weighted by Gasteiger charge is 2.50. The van der Waals surface area contributed by atoms with Crippen molar-refractivity contribution in [3.8, 4) is 0 Å². The Morgan fingerprint density at radius 3 is 2.53 bits per heavy atom. The summed E-state index contributed by atoms with van der Waals surface area (Å²) >= 11 is 1.18. The lowest BCUT2D eigenvalue weighted by Gasteiger charge is -2.23. The number of nitrogens with one attached hydrogen (secondary N) is 3. The Kier molecular flexibility index (Phi) is 8.46. The number of Topliss-reactive ketones (excluding diaryl/α,β-unsaturated/α-hetero) is 1. The van der Waals surface area contributed by atoms with Gasteiger partial charge in [0.1, 0.15) is 23.7 Å². The number of hydrogen-bond donors (Lipinski definition) is 3. The van der Waals surface area contributed by atoms with Gasteiger partial charge in [-0.05, 0) is 32.1 Å². The summed E-state index contributed by atoms with van der Waals surface area (Å²) in [5.74, 6) is -0.481. The van der Waals surface area contributed by atoms with Gasteiger partial charge in [-0.3, -0.25) is 14.4 Å². The Hall–Kier alpha value is -3.18. The van der Waals surface area contributed by atoms with E-state index in [2.05, 4.69) is 21.1 Å². The highest BCUT2D eigenvalue weighted by atomic mass is 32.2. The lowest BCUT2D eigenvalue weighted by molar-refractivity contribution is -0.131. The van der Waals surface area contributed by atoms with Crippen LogP contribution in [-0.2, 0) is 30.3 Å². The molecule has 4 atom stereocenters. The maximum Gasteiger partial charge on any atom is 0.244 e. The minimum absolute atomic E-state index is 0.222. The van der Waals surface area contributed by atoms with Gasteiger partial charge in [0, 0.05) is 6.07 Å². The molecule has 3 N–H and O–H groups in total. The molecule has 11 heteroatoms. The molecular weight excluding hydrogens is 460 g/mol. The third-order valence-electron chi connectivity index (χ3n) is 5.40. The Morgan fingerprint density at radius 2 is 1.97 bits per heavy atom. The van der Waals surface area contributed by atoms with E-state index in [-0.39, 0.29) is 12.3 Å². The number of nitrogens with zero attached hydrogens (tertiary/aromatic N) is 1. The summed E-state index contributed by atoms with van der Waals surface area (Å²) < 4.78 is 10.3. The van der Waals surface area contributed by atoms with Gasteiger partial charge >= 0.3 is 0 Å². The Balaban J connectivity index is 1.63. The molecule has 10 nitrogen and oxygen atoms in total. The lowest BCUT2D eigenvalue weighted by atomic mass is 9.95. The average Bonchev–Trinajstić information content (AvgIpc) is 3.45. The predicted octanol–water partition coefficient (Wildman–Crippen LogP) is 0.896. The van der Waals surface area contributed by atoms with Crippen molar-refractivity contribution >= 4 is 41.5 Å². The molecule has 2 aromatic rings. The number of aromatic nitrogens is 1. The van der Waals surface area contributed by atoms with Gasteiger partial charge in [0.2, 0.25) is 11.8 Å². The van der Waals surface area contributed by atoms with Crippen molar-refractivity contribution in [1.29, 1.82) is 0 Å². The standard InChI is InChI=1S/C23H28N4O6S/c1-14-9-18(27-33-14)26-20(17(12-28)34-3)22(31)24-11-19(29)25-16(21(30)23(2)13-32-23)10-15-7-5-4-6-8-15/h4-9,12,16-17,20H,10-11,13H2,1-3H3,(H,24,31)(H,25,29)(H,26,27). The Morgan fingerprint density at radius 1 is 1.26 bits per heavy atom. The van der Waals surface area contributed by atoms with Crippen LogP contribution in [0.1, 0.15) is 18.2 Å². The van der Waals surface area contributed by atoms with E-state index in [1.807, 2.05) is 30.3 Å². The van der Waals surface area contributed by atoms with Crippen LogP contribution in [0, 0.1) is 6.92 Å². The number of carbonyl (C=O) groups is 4. The van der Waals surface area contributed by atoms with E-state index < -0.39 is 34.7 Å². The number of thioether (sulfide) groups is 1. The van der Waals surface area contributed by atoms with E-state index in [0.717, 1.165) is 5.56 Å². The summed E-state index contributed by atoms with van der Waals surface area (Å²) in [5, 5.41) is 11.2. The molecule has 34 heavy (non-hydrogen) atoms. The predicted molar refractivity (Wildman–Crippen MR) is 126 cm³/mol. The van der Waals surface area contributed by atoms with Gasteiger partial charge in [-0.1, -0.05) is 35.5 Å². The molecule has 0 aliphatic carbocycles. The second-order valence-electron chi connectivity index (χ2n) is 8.19. The normalized spacial score (nSPS) is 19.4. The first-order valence-electron chi connectivity index (χ1n) is 10.7. The summed E-state index contributed by atoms with van der Waals surface area (Å²) in [6.45, 7) is 3.32. The first-order chi connectivity index (χ1) is 16.3. The van der Waals surface area contributed by atoms with Gasteiger partial charge in [-0.25, -0.2) is 0 Å². The smallest absolute Gasteiger partial charge is 0.244 e. The number of epoxide rings is 1. The number of carbonyl (C=O) groups excluding carboxylic acids is 4. The average molecular weight is 489 g/mol. The zero-order chi connectivity index (χ0) is 24.7. The summed E-state index contributed by atoms with van der Waals surface area (Å²) in [5.41, 5.74) is -0.0219. The zero-order valence-electron chi connectivity index (χ0n) is 19.2. The van der Waals surface area contributed by atoms with E-state index in [9.17, 15) is 19.2 Å². The molecule has 0 bridgehead atoms. The number of ketones is 1. The minimum atomic E-state index is -0.981. The van der Waals surface area contributed by atoms with E-state index in [0.29, 0.717) is 30.9 Å². The molecule has 0 saturated carbocycles. The van der Waals surface area contributed by atoms with Crippen LogP contribution in [0.3, 0.4) is 0 Å². The number of hydrogen-bond acceptors (Lipinski definition) is 9. The molecule has 1 fully saturated rings. The number of ether oxygens (including phenoxy) is 1. The first-order valence-corrected chi connectivity index (χ1v) is 12.0. The molecule has 0 radical (unpaired) electrons. The number of benzene rings is 1. The monoisotopic (exact) mass is 488 g/mol. The summed E-state index contributed by atoms with van der Waals surface area (Å²) in [4.78, 5) is 49.9. The summed E-state index contributed by atoms with van der Waals surface area (Å²) in [6, 6.07) is 9.12. The highest BCUT2D eigenvalue weighted by Crippen LogP contribution is 2.29. The van der Waals surface area contributed by atoms with Gasteiger partial charge in [-0.2, -0.15) is 11.8 Å². The van der Waals surface area contributed by atoms with Crippen LogP contribution in [0.4, 0.5) is 5.82 Å². The minimum Gasteiger partial charge on any atom is -0.361 e. The third-order valence-corrected chi connectivity index (χ3v) is 6.33. The van der Waals surface area contributed by atoms with Crippen LogP contribution in [0.2, 0.25) is 0 Å². The molecule has 3 rings (SSSR count). The van der Waals surface area contributed by atoms with Crippen molar-refractivity contribution in [2.24, 2.45) is 0 Å². The molecule has 182 valence electrons. The van der Waals surface area contributed by atoms with Gasteiger partial charge in [0.15, 0.2) is 11.6 Å². The van der Waals surface area contributed by atoms with Crippen LogP contribution >= 0.6 is 11.8 Å². The Bertz CT molecular complexity index is 1020. The number of aldehydes is 1. The highest BCUT2D eigenvalue weighted by molar-refractivity contribution is 7.99. The largest absolute Gasteiger partial charge is 0.361 e. The number of amides is 2. The molecule has 1 aromatic heterocycles. The molecule has 1 aliphatic rings. The zero-order valence-corrected chi connectivity index (χ0v) is 20.0. The topological polar surface area (TPSA) is 143 Å². The third kappa shape index (κ3) is 6.67. The second-order valence-corrected chi connectivity index (χ2v) is 9.21. The molecule has 2 amide bonds. The molecule has 1 aliphatic heterocycles. The van der Waals surface area contributed by atoms with Gasteiger partial charge in [0.25, 0.3) is 0 Å². The summed E-state index contributed by atoms with van der Waals surface area (Å²) in [7, 11) is 0. The maximum atomic E-state index is 12.9. The fourth-order valence-corrected chi connectivity index (χ4v) is 3.94. The van der Waals surface area contributed by atoms with Gasteiger partial charge < -0.3 is 30.0 Å². The van der Waals surface area contributed by atoms with Crippen LogP contribution < -0.4 is 16.0 Å². The van der Waals surface area contributed by atoms with Crippen molar-refractivity contribution in [3.63, 3.8) is 0 Å². The van der Waals surface area contributed by atoms with E-state index in [1.54, 1.807) is 26.2 Å². The van der Waals surface area contributed by atoms with Crippen molar-refractivity contribution < 1.29 is 28.4 Å². The lowest BCUT2D eigenvalue weighted by Crippen LogP contribution is -2.52. The quantitative estimate of drug-likeness (QED) is 0.277. The SMILES string of the molecule is CSC(C=O)C(Nc1cc(C)on1)C(=O)NCC(=O)NC(Cc1ccccc1)C(=O)C1(C)CO1. The van der Waals surface area contributed by atoms with Gasteiger partial charge in [0.05, 0.1) is 24.4 Å². The number of rotatable bonds is 13. The van der Waals surface area contributed by atoms with Crippen molar-refractivity contribution in [2.45, 2.75) is 43.2 Å². The molecule has 1 aromatic carbocycles. The maximum absolute atomic E-state index is 12.9. The van der Waals surface area contributed by atoms with Crippen LogP contribution in [0.5, 0.6) is 0 Å². The van der Waals surface area contributed by atoms with E-state index >= 15 is 0 Å². The molecule has 1 saturated heterocycles. The molecule has 2 heterocycles. The van der Waals surface area contributed by atoms with Crippen molar-refractivity contribution in [3.05, 3.63) is 47.7 Å². The molecule has 0 spiro atoms. The Labute approximate surface area is 201 Å². The van der Waals surface area contributed by atoms with Crippen LogP contribution in [-0.4, -0.2) is 71.4 Å². The number of anilines is 1. The van der Waals surface area contributed by atoms with E-state index in [4.69, 9.17) is 9.26 Å². The molecular formula is C23H28N4O6S. The summed E-state index contributed by atoms with van der Waals surface area (Å²) in [6.07, 6.45) is 2.65. The first kappa shape index (κ1) is 25.4. The van der Waals surface area contributed by atoms with E-state index in [1.165, 1.54) is 11.8 Å². The van der Waals surface area contributed by atoms with Crippen molar-refractivity contribution in [2.75, 3.05) is 24.7 Å². The van der Waals surface area contributed by atoms with Crippen LogP contribution in [0.25, 0.3) is 0 Å². The fourth-order valence-electron chi connectivity index (χ4n) is 3.36. The second kappa shape index (κ2) is 11.3. The van der Waals surface area contributed by atoms with Crippen LogP contribution in [0.15, 0.2) is 40.9 Å². The van der Waals surface area contributed by atoms with Crippen molar-refractivity contribution in [1.82, 2.24) is 15.8 Å². The molecule has 4 unspecified atom stereocenters. The van der Waals surface area contributed by atoms with Gasteiger partial charge in [-0.15, -0.1) is 0 Å².